The van der Waals surface area contributed by atoms with Gasteiger partial charge in [0.25, 0.3) is 5.91 Å². The second-order valence-corrected chi connectivity index (χ2v) is 8.01. The molecule has 0 radical (unpaired) electrons. The maximum atomic E-state index is 13.3. The first kappa shape index (κ1) is 20.2. The Morgan fingerprint density at radius 1 is 1.13 bits per heavy atom. The van der Waals surface area contributed by atoms with Crippen LogP contribution in [0.4, 0.5) is 5.69 Å². The maximum absolute atomic E-state index is 13.3. The molecule has 1 atom stereocenters. The molecule has 0 bridgehead atoms. The van der Waals surface area contributed by atoms with Gasteiger partial charge in [-0.05, 0) is 35.7 Å². The minimum atomic E-state index is -0.546. The van der Waals surface area contributed by atoms with Crippen LogP contribution in [-0.4, -0.2) is 41.0 Å². The van der Waals surface area contributed by atoms with Crippen LogP contribution in [0.25, 0.3) is 10.9 Å². The summed E-state index contributed by atoms with van der Waals surface area (Å²) in [6, 6.07) is 14.9. The van der Waals surface area contributed by atoms with Crippen LogP contribution in [0.5, 0.6) is 0 Å². The number of nitrogens with one attached hydrogen (secondary N) is 1. The normalized spacial score (nSPS) is 14.4. The summed E-state index contributed by atoms with van der Waals surface area (Å²) in [7, 11) is 1.68. The Bertz CT molecular complexity index is 1090. The zero-order chi connectivity index (χ0) is 21.3. The lowest BCUT2D eigenvalue weighted by molar-refractivity contribution is -0.122. The molecule has 1 unspecified atom stereocenters. The number of ether oxygens (including phenoxy) is 1. The SMILES string of the molecule is COCCn1ccc2c(NC(=O)C(C(C)C)N3Cc4ccccc4C3=O)cccc21. The molecule has 2 aromatic carbocycles. The van der Waals surface area contributed by atoms with Crippen molar-refractivity contribution in [2.24, 2.45) is 5.92 Å². The summed E-state index contributed by atoms with van der Waals surface area (Å²) in [5.41, 5.74) is 3.45. The van der Waals surface area contributed by atoms with E-state index in [1.165, 1.54) is 0 Å². The number of amides is 2. The summed E-state index contributed by atoms with van der Waals surface area (Å²) in [5, 5.41) is 4.06. The van der Waals surface area contributed by atoms with E-state index in [-0.39, 0.29) is 17.7 Å². The molecule has 4 rings (SSSR count). The van der Waals surface area contributed by atoms with Crippen LogP contribution in [0.15, 0.2) is 54.7 Å². The molecule has 1 N–H and O–H groups in total. The molecule has 30 heavy (non-hydrogen) atoms. The topological polar surface area (TPSA) is 63.6 Å². The van der Waals surface area contributed by atoms with Gasteiger partial charge in [-0.1, -0.05) is 38.1 Å². The summed E-state index contributed by atoms with van der Waals surface area (Å²) in [4.78, 5) is 28.0. The fourth-order valence-corrected chi connectivity index (χ4v) is 4.23. The highest BCUT2D eigenvalue weighted by Crippen LogP contribution is 2.29. The van der Waals surface area contributed by atoms with Crippen molar-refractivity contribution in [1.29, 1.82) is 0 Å². The van der Waals surface area contributed by atoms with Crippen molar-refractivity contribution in [3.63, 3.8) is 0 Å². The van der Waals surface area contributed by atoms with Gasteiger partial charge in [0.15, 0.2) is 0 Å². The predicted octanol–water partition coefficient (Wildman–Crippen LogP) is 3.91. The number of fused-ring (bicyclic) bond motifs is 2. The largest absolute Gasteiger partial charge is 0.383 e. The van der Waals surface area contributed by atoms with E-state index in [2.05, 4.69) is 9.88 Å². The van der Waals surface area contributed by atoms with Gasteiger partial charge in [-0.25, -0.2) is 0 Å². The van der Waals surface area contributed by atoms with Gasteiger partial charge in [0.1, 0.15) is 6.04 Å². The Morgan fingerprint density at radius 3 is 2.67 bits per heavy atom. The van der Waals surface area contributed by atoms with Crippen LogP contribution in [0.3, 0.4) is 0 Å². The standard InChI is InChI=1S/C24H27N3O3/c1-16(2)22(27-15-17-7-4-5-8-18(17)24(27)29)23(28)25-20-9-6-10-21-19(20)11-12-26(21)13-14-30-3/h4-12,16,22H,13-15H2,1-3H3,(H,25,28). The van der Waals surface area contributed by atoms with Gasteiger partial charge in [0.05, 0.1) is 17.8 Å². The highest BCUT2D eigenvalue weighted by atomic mass is 16.5. The van der Waals surface area contributed by atoms with E-state index in [0.29, 0.717) is 18.7 Å². The first-order chi connectivity index (χ1) is 14.5. The molecular weight excluding hydrogens is 378 g/mol. The number of benzene rings is 2. The van der Waals surface area contributed by atoms with Gasteiger partial charge in [0, 0.05) is 37.3 Å². The number of hydrogen-bond acceptors (Lipinski definition) is 3. The quantitative estimate of drug-likeness (QED) is 0.648. The Kier molecular flexibility index (Phi) is 5.59. The Labute approximate surface area is 176 Å². The smallest absolute Gasteiger partial charge is 0.255 e. The van der Waals surface area contributed by atoms with Crippen LogP contribution in [0.1, 0.15) is 29.8 Å². The van der Waals surface area contributed by atoms with E-state index >= 15 is 0 Å². The van der Waals surface area contributed by atoms with Gasteiger partial charge in [-0.15, -0.1) is 0 Å². The highest BCUT2D eigenvalue weighted by Gasteiger charge is 2.38. The third-order valence-electron chi connectivity index (χ3n) is 5.69. The number of carbonyl (C=O) groups is 2. The maximum Gasteiger partial charge on any atom is 0.255 e. The molecular formula is C24H27N3O3. The van der Waals surface area contributed by atoms with Crippen molar-refractivity contribution < 1.29 is 14.3 Å². The molecule has 1 aliphatic rings. The van der Waals surface area contributed by atoms with Crippen molar-refractivity contribution >= 4 is 28.4 Å². The van der Waals surface area contributed by atoms with Crippen LogP contribution >= 0.6 is 0 Å². The summed E-state index contributed by atoms with van der Waals surface area (Å²) in [6.07, 6.45) is 2.00. The van der Waals surface area contributed by atoms with Gasteiger partial charge >= 0.3 is 0 Å². The van der Waals surface area contributed by atoms with E-state index in [0.717, 1.165) is 28.7 Å². The average Bonchev–Trinajstić information content (AvgIpc) is 3.29. The highest BCUT2D eigenvalue weighted by molar-refractivity contribution is 6.06. The van der Waals surface area contributed by atoms with E-state index in [1.807, 2.05) is 68.6 Å². The molecule has 6 heteroatoms. The van der Waals surface area contributed by atoms with Crippen molar-refractivity contribution in [1.82, 2.24) is 9.47 Å². The lowest BCUT2D eigenvalue weighted by Gasteiger charge is -2.30. The zero-order valence-corrected chi connectivity index (χ0v) is 17.6. The van der Waals surface area contributed by atoms with Gasteiger partial charge in [-0.2, -0.15) is 0 Å². The van der Waals surface area contributed by atoms with E-state index in [9.17, 15) is 9.59 Å². The first-order valence-corrected chi connectivity index (χ1v) is 10.3. The molecule has 1 aliphatic heterocycles. The minimum Gasteiger partial charge on any atom is -0.383 e. The lowest BCUT2D eigenvalue weighted by Crippen LogP contribution is -2.47. The molecule has 0 spiro atoms. The summed E-state index contributed by atoms with van der Waals surface area (Å²) in [5.74, 6) is -0.263. The average molecular weight is 405 g/mol. The fourth-order valence-electron chi connectivity index (χ4n) is 4.23. The molecule has 0 saturated carbocycles. The van der Waals surface area contributed by atoms with Crippen LogP contribution in [-0.2, 0) is 22.6 Å². The number of carbonyl (C=O) groups excluding carboxylic acids is 2. The van der Waals surface area contributed by atoms with Crippen LogP contribution in [0.2, 0.25) is 0 Å². The van der Waals surface area contributed by atoms with Crippen LogP contribution < -0.4 is 5.32 Å². The fraction of sp³-hybridized carbons (Fsp3) is 0.333. The monoisotopic (exact) mass is 405 g/mol. The van der Waals surface area contributed by atoms with Crippen molar-refractivity contribution in [3.8, 4) is 0 Å². The number of hydrogen-bond donors (Lipinski definition) is 1. The molecule has 156 valence electrons. The summed E-state index contributed by atoms with van der Waals surface area (Å²) < 4.78 is 7.29. The number of aromatic nitrogens is 1. The number of nitrogens with zero attached hydrogens (tertiary/aromatic N) is 2. The molecule has 3 aromatic rings. The second kappa shape index (κ2) is 8.32. The van der Waals surface area contributed by atoms with Crippen molar-refractivity contribution in [2.45, 2.75) is 33.0 Å². The molecule has 0 fully saturated rings. The molecule has 0 saturated heterocycles. The molecule has 2 amide bonds. The van der Waals surface area contributed by atoms with Gasteiger partial charge in [-0.3, -0.25) is 9.59 Å². The summed E-state index contributed by atoms with van der Waals surface area (Å²) >= 11 is 0. The Morgan fingerprint density at radius 2 is 1.93 bits per heavy atom. The zero-order valence-electron chi connectivity index (χ0n) is 17.6. The molecule has 1 aromatic heterocycles. The van der Waals surface area contributed by atoms with Crippen molar-refractivity contribution in [3.05, 3.63) is 65.9 Å². The molecule has 0 aliphatic carbocycles. The number of rotatable bonds is 7. The number of methoxy groups -OCH3 is 1. The second-order valence-electron chi connectivity index (χ2n) is 8.01. The van der Waals surface area contributed by atoms with Crippen molar-refractivity contribution in [2.75, 3.05) is 19.0 Å². The predicted molar refractivity (Wildman–Crippen MR) is 117 cm³/mol. The van der Waals surface area contributed by atoms with E-state index < -0.39 is 6.04 Å². The molecule has 2 heterocycles. The van der Waals surface area contributed by atoms with Gasteiger partial charge < -0.3 is 19.5 Å². The molecule has 6 nitrogen and oxygen atoms in total. The Balaban J connectivity index is 1.59. The summed E-state index contributed by atoms with van der Waals surface area (Å²) in [6.45, 7) is 5.77. The van der Waals surface area contributed by atoms with Crippen LogP contribution in [0, 0.1) is 5.92 Å². The van der Waals surface area contributed by atoms with E-state index in [4.69, 9.17) is 4.74 Å². The van der Waals surface area contributed by atoms with Gasteiger partial charge in [0.2, 0.25) is 5.91 Å². The first-order valence-electron chi connectivity index (χ1n) is 10.3. The Hall–Kier alpha value is -3.12. The third kappa shape index (κ3) is 3.59. The van der Waals surface area contributed by atoms with E-state index in [1.54, 1.807) is 12.0 Å². The lowest BCUT2D eigenvalue weighted by atomic mass is 10.0. The minimum absolute atomic E-state index is 0.0197. The third-order valence-corrected chi connectivity index (χ3v) is 5.69. The number of anilines is 1.